The van der Waals surface area contributed by atoms with Crippen LogP contribution >= 0.6 is 0 Å². The Bertz CT molecular complexity index is 687. The summed E-state index contributed by atoms with van der Waals surface area (Å²) in [6.07, 6.45) is -1.58. The van der Waals surface area contributed by atoms with E-state index in [9.17, 15) is 9.90 Å². The number of benzene rings is 1. The lowest BCUT2D eigenvalue weighted by Gasteiger charge is -2.29. The van der Waals surface area contributed by atoms with E-state index in [0.717, 1.165) is 19.3 Å². The standard InChI is InChI=1S/C21H28O8/c1-21(2)28-18-17(26-19(23)13-8-4-3-5-9-13)16(27-20(18)29-21)14(22)12-25-15-10-6-7-11-24-15/h3-5,8-9,14-18,20,22H,6-7,10-12H2,1-2H3/t14-,15?,16-,17+,18-,20-/m0/s1. The van der Waals surface area contributed by atoms with Gasteiger partial charge in [-0.1, -0.05) is 18.2 Å². The minimum Gasteiger partial charge on any atom is -0.453 e. The number of carbonyl (C=O) groups is 1. The highest BCUT2D eigenvalue weighted by molar-refractivity contribution is 5.89. The summed E-state index contributed by atoms with van der Waals surface area (Å²) in [5.41, 5.74) is 0.411. The molecule has 1 aromatic carbocycles. The maximum atomic E-state index is 12.6. The SMILES string of the molecule is CC1(C)O[C@@H]2O[C@@H]([C@@H](O)COC3CCCCO3)[C@@H](OC(=O)c3ccccc3)[C@@H]2O1. The summed E-state index contributed by atoms with van der Waals surface area (Å²) in [5.74, 6) is -1.38. The lowest BCUT2D eigenvalue weighted by molar-refractivity contribution is -0.235. The van der Waals surface area contributed by atoms with Crippen molar-refractivity contribution in [2.24, 2.45) is 0 Å². The van der Waals surface area contributed by atoms with E-state index in [4.69, 9.17) is 28.4 Å². The molecule has 0 amide bonds. The van der Waals surface area contributed by atoms with Crippen molar-refractivity contribution in [2.75, 3.05) is 13.2 Å². The van der Waals surface area contributed by atoms with E-state index < -0.39 is 42.5 Å². The Labute approximate surface area is 170 Å². The van der Waals surface area contributed by atoms with Crippen LogP contribution in [0.1, 0.15) is 43.5 Å². The van der Waals surface area contributed by atoms with Crippen LogP contribution in [0.4, 0.5) is 0 Å². The largest absolute Gasteiger partial charge is 0.453 e. The van der Waals surface area contributed by atoms with Crippen molar-refractivity contribution in [3.05, 3.63) is 35.9 Å². The molecule has 160 valence electrons. The molecule has 3 saturated heterocycles. The van der Waals surface area contributed by atoms with Gasteiger partial charge in [0.25, 0.3) is 0 Å². The second-order valence-electron chi connectivity index (χ2n) is 8.00. The van der Waals surface area contributed by atoms with Gasteiger partial charge in [-0.05, 0) is 45.2 Å². The van der Waals surface area contributed by atoms with Crippen LogP contribution in [0.15, 0.2) is 30.3 Å². The second-order valence-corrected chi connectivity index (χ2v) is 8.00. The molecule has 3 aliphatic rings. The minimum absolute atomic E-state index is 0.00243. The van der Waals surface area contributed by atoms with E-state index in [1.807, 2.05) is 6.07 Å². The van der Waals surface area contributed by atoms with Crippen molar-refractivity contribution < 1.29 is 38.3 Å². The smallest absolute Gasteiger partial charge is 0.338 e. The maximum absolute atomic E-state index is 12.6. The Morgan fingerprint density at radius 1 is 1.24 bits per heavy atom. The second kappa shape index (κ2) is 8.67. The molecular formula is C21H28O8. The van der Waals surface area contributed by atoms with Crippen LogP contribution in [-0.2, 0) is 28.4 Å². The normalized spacial score (nSPS) is 34.5. The van der Waals surface area contributed by atoms with E-state index in [1.165, 1.54) is 0 Å². The Balaban J connectivity index is 1.43. The van der Waals surface area contributed by atoms with Crippen molar-refractivity contribution in [3.63, 3.8) is 0 Å². The molecule has 3 fully saturated rings. The predicted molar refractivity (Wildman–Crippen MR) is 99.9 cm³/mol. The Morgan fingerprint density at radius 2 is 2.03 bits per heavy atom. The molecule has 4 rings (SSSR count). The van der Waals surface area contributed by atoms with Crippen molar-refractivity contribution in [1.29, 1.82) is 0 Å². The van der Waals surface area contributed by atoms with Crippen LogP contribution in [0.25, 0.3) is 0 Å². The summed E-state index contributed by atoms with van der Waals surface area (Å²) < 4.78 is 34.5. The van der Waals surface area contributed by atoms with E-state index >= 15 is 0 Å². The van der Waals surface area contributed by atoms with Gasteiger partial charge in [-0.3, -0.25) is 0 Å². The number of fused-ring (bicyclic) bond motifs is 1. The van der Waals surface area contributed by atoms with E-state index in [0.29, 0.717) is 12.2 Å². The van der Waals surface area contributed by atoms with Crippen LogP contribution in [-0.4, -0.2) is 67.1 Å². The molecule has 0 bridgehead atoms. The summed E-state index contributed by atoms with van der Waals surface area (Å²) in [6, 6.07) is 8.67. The number of aliphatic hydroxyl groups is 1. The van der Waals surface area contributed by atoms with Gasteiger partial charge in [0.15, 0.2) is 30.6 Å². The van der Waals surface area contributed by atoms with Crippen LogP contribution in [0.5, 0.6) is 0 Å². The van der Waals surface area contributed by atoms with Gasteiger partial charge in [0, 0.05) is 6.61 Å². The Hall–Kier alpha value is -1.55. The van der Waals surface area contributed by atoms with Crippen molar-refractivity contribution in [1.82, 2.24) is 0 Å². The third-order valence-corrected chi connectivity index (χ3v) is 5.25. The molecule has 1 N–H and O–H groups in total. The van der Waals surface area contributed by atoms with Gasteiger partial charge in [-0.2, -0.15) is 0 Å². The van der Waals surface area contributed by atoms with Crippen LogP contribution < -0.4 is 0 Å². The quantitative estimate of drug-likeness (QED) is 0.715. The van der Waals surface area contributed by atoms with Gasteiger partial charge in [0.1, 0.15) is 12.2 Å². The third kappa shape index (κ3) is 4.79. The molecule has 8 nitrogen and oxygen atoms in total. The molecule has 1 aromatic rings. The average molecular weight is 408 g/mol. The summed E-state index contributed by atoms with van der Waals surface area (Å²) in [7, 11) is 0. The highest BCUT2D eigenvalue weighted by Gasteiger charge is 2.58. The number of ether oxygens (including phenoxy) is 6. The molecule has 29 heavy (non-hydrogen) atoms. The van der Waals surface area contributed by atoms with Crippen molar-refractivity contribution in [3.8, 4) is 0 Å². The third-order valence-electron chi connectivity index (χ3n) is 5.25. The van der Waals surface area contributed by atoms with E-state index in [-0.39, 0.29) is 12.9 Å². The fourth-order valence-corrected chi connectivity index (χ4v) is 3.86. The van der Waals surface area contributed by atoms with Gasteiger partial charge >= 0.3 is 5.97 Å². The predicted octanol–water partition coefficient (Wildman–Crippen LogP) is 1.99. The first kappa shape index (κ1) is 20.7. The monoisotopic (exact) mass is 408 g/mol. The first-order valence-electron chi connectivity index (χ1n) is 10.1. The molecule has 3 heterocycles. The molecule has 0 radical (unpaired) electrons. The zero-order valence-electron chi connectivity index (χ0n) is 16.7. The summed E-state index contributed by atoms with van der Waals surface area (Å²) in [6.45, 7) is 4.18. The molecule has 3 aliphatic heterocycles. The number of rotatable bonds is 6. The van der Waals surface area contributed by atoms with Gasteiger partial charge < -0.3 is 33.5 Å². The first-order valence-corrected chi connectivity index (χ1v) is 10.1. The van der Waals surface area contributed by atoms with Gasteiger partial charge in [-0.25, -0.2) is 4.79 Å². The summed E-state index contributed by atoms with van der Waals surface area (Å²) in [5, 5.41) is 10.7. The van der Waals surface area contributed by atoms with Crippen molar-refractivity contribution in [2.45, 2.75) is 75.9 Å². The number of hydrogen-bond donors (Lipinski definition) is 1. The van der Waals surface area contributed by atoms with Gasteiger partial charge in [0.2, 0.25) is 0 Å². The maximum Gasteiger partial charge on any atom is 0.338 e. The zero-order valence-corrected chi connectivity index (χ0v) is 16.7. The topological polar surface area (TPSA) is 92.7 Å². The molecule has 1 unspecified atom stereocenters. The number of esters is 1. The number of aliphatic hydroxyl groups excluding tert-OH is 1. The van der Waals surface area contributed by atoms with Crippen LogP contribution in [0, 0.1) is 0 Å². The Kier molecular flexibility index (Phi) is 6.19. The van der Waals surface area contributed by atoms with E-state index in [1.54, 1.807) is 38.1 Å². The molecule has 0 aliphatic carbocycles. The number of hydrogen-bond acceptors (Lipinski definition) is 8. The highest BCUT2D eigenvalue weighted by atomic mass is 16.8. The molecule has 6 atom stereocenters. The zero-order chi connectivity index (χ0) is 20.4. The number of carbonyl (C=O) groups excluding carboxylic acids is 1. The van der Waals surface area contributed by atoms with Crippen LogP contribution in [0.2, 0.25) is 0 Å². The van der Waals surface area contributed by atoms with E-state index in [2.05, 4.69) is 0 Å². The summed E-state index contributed by atoms with van der Waals surface area (Å²) in [4.78, 5) is 12.6. The minimum atomic E-state index is -1.03. The molecule has 8 heteroatoms. The van der Waals surface area contributed by atoms with Gasteiger partial charge in [0.05, 0.1) is 12.2 Å². The first-order chi connectivity index (χ1) is 13.9. The molecule has 0 saturated carbocycles. The van der Waals surface area contributed by atoms with Crippen molar-refractivity contribution >= 4 is 5.97 Å². The fraction of sp³-hybridized carbons (Fsp3) is 0.667. The highest BCUT2D eigenvalue weighted by Crippen LogP contribution is 2.40. The van der Waals surface area contributed by atoms with Gasteiger partial charge in [-0.15, -0.1) is 0 Å². The molecule has 0 aromatic heterocycles. The fourth-order valence-electron chi connectivity index (χ4n) is 3.86. The van der Waals surface area contributed by atoms with Crippen LogP contribution in [0.3, 0.4) is 0 Å². The Morgan fingerprint density at radius 3 is 2.76 bits per heavy atom. The molecule has 0 spiro atoms. The lowest BCUT2D eigenvalue weighted by Crippen LogP contribution is -2.46. The lowest BCUT2D eigenvalue weighted by atomic mass is 10.1. The molecular weight excluding hydrogens is 380 g/mol. The average Bonchev–Trinajstić information content (AvgIpc) is 3.20. The summed E-state index contributed by atoms with van der Waals surface area (Å²) >= 11 is 0.